The van der Waals surface area contributed by atoms with Crippen molar-refractivity contribution in [2.45, 2.75) is 0 Å². The van der Waals surface area contributed by atoms with E-state index in [-0.39, 0.29) is 15.6 Å². The van der Waals surface area contributed by atoms with Gasteiger partial charge < -0.3 is 5.11 Å². The smallest absolute Gasteiger partial charge is 0.335 e. The summed E-state index contributed by atoms with van der Waals surface area (Å²) in [6, 6.07) is 12.1. The number of halogens is 1. The molecule has 7 heteroatoms. The molecule has 1 N–H and O–H groups in total. The van der Waals surface area contributed by atoms with Crippen molar-refractivity contribution < 1.29 is 19.1 Å². The van der Waals surface area contributed by atoms with Crippen LogP contribution < -0.4 is 4.90 Å². The summed E-state index contributed by atoms with van der Waals surface area (Å²) in [6.07, 6.45) is 1.55. The maximum atomic E-state index is 13.9. The molecule has 1 fully saturated rings. The van der Waals surface area contributed by atoms with Gasteiger partial charge in [-0.15, -0.1) is 0 Å². The fourth-order valence-corrected chi connectivity index (χ4v) is 3.51. The fourth-order valence-electron chi connectivity index (χ4n) is 2.22. The van der Waals surface area contributed by atoms with Crippen LogP contribution in [0.5, 0.6) is 0 Å². The van der Waals surface area contributed by atoms with Crippen molar-refractivity contribution in [3.05, 3.63) is 70.4 Å². The number of amides is 1. The number of thioether (sulfide) groups is 1. The number of aromatic carboxylic acids is 1. The van der Waals surface area contributed by atoms with Gasteiger partial charge in [0.2, 0.25) is 0 Å². The number of hydrogen-bond donors (Lipinski definition) is 1. The molecule has 4 nitrogen and oxygen atoms in total. The molecule has 0 radical (unpaired) electrons. The molecule has 0 unspecified atom stereocenters. The minimum Gasteiger partial charge on any atom is -0.478 e. The molecule has 0 aromatic heterocycles. The van der Waals surface area contributed by atoms with E-state index in [9.17, 15) is 14.0 Å². The lowest BCUT2D eigenvalue weighted by Crippen LogP contribution is -2.28. The van der Waals surface area contributed by atoms with Crippen molar-refractivity contribution in [1.29, 1.82) is 0 Å². The third-order valence-electron chi connectivity index (χ3n) is 3.32. The SMILES string of the molecule is O=C(O)c1cccc(/C=C2/SC(=S)N(c3ccccc3F)C2=O)c1. The highest BCUT2D eigenvalue weighted by molar-refractivity contribution is 8.27. The van der Waals surface area contributed by atoms with Gasteiger partial charge in [-0.3, -0.25) is 9.69 Å². The Morgan fingerprint density at radius 2 is 1.96 bits per heavy atom. The largest absolute Gasteiger partial charge is 0.478 e. The number of rotatable bonds is 3. The summed E-state index contributed by atoms with van der Waals surface area (Å²) in [4.78, 5) is 25.0. The molecule has 120 valence electrons. The van der Waals surface area contributed by atoms with Crippen molar-refractivity contribution in [2.75, 3.05) is 4.90 Å². The molecule has 1 heterocycles. The molecular formula is C17H10FNO3S2. The lowest BCUT2D eigenvalue weighted by Gasteiger charge is -2.14. The van der Waals surface area contributed by atoms with Crippen molar-refractivity contribution in [2.24, 2.45) is 0 Å². The molecule has 0 bridgehead atoms. The van der Waals surface area contributed by atoms with E-state index in [1.54, 1.807) is 24.3 Å². The van der Waals surface area contributed by atoms with Crippen molar-refractivity contribution in [1.82, 2.24) is 0 Å². The van der Waals surface area contributed by atoms with E-state index in [0.717, 1.165) is 16.7 Å². The molecule has 24 heavy (non-hydrogen) atoms. The number of carboxylic acids is 1. The van der Waals surface area contributed by atoms with E-state index in [2.05, 4.69) is 0 Å². The zero-order valence-corrected chi connectivity index (χ0v) is 13.7. The van der Waals surface area contributed by atoms with Crippen LogP contribution in [0, 0.1) is 5.82 Å². The van der Waals surface area contributed by atoms with Gasteiger partial charge >= 0.3 is 5.97 Å². The van der Waals surface area contributed by atoms with E-state index in [1.165, 1.54) is 30.3 Å². The molecule has 1 saturated heterocycles. The quantitative estimate of drug-likeness (QED) is 0.665. The van der Waals surface area contributed by atoms with E-state index < -0.39 is 17.7 Å². The van der Waals surface area contributed by atoms with Gasteiger partial charge in [-0.25, -0.2) is 9.18 Å². The van der Waals surface area contributed by atoms with E-state index in [0.29, 0.717) is 10.5 Å². The molecule has 1 aliphatic heterocycles. The topological polar surface area (TPSA) is 57.6 Å². The summed E-state index contributed by atoms with van der Waals surface area (Å²) >= 11 is 6.24. The molecule has 1 amide bonds. The van der Waals surface area contributed by atoms with E-state index >= 15 is 0 Å². The predicted octanol–water partition coefficient (Wildman–Crippen LogP) is 3.93. The van der Waals surface area contributed by atoms with Crippen molar-refractivity contribution >= 4 is 51.9 Å². The molecule has 2 aromatic carbocycles. The molecular weight excluding hydrogens is 349 g/mol. The molecule has 3 rings (SSSR count). The maximum Gasteiger partial charge on any atom is 0.335 e. The maximum absolute atomic E-state index is 13.9. The van der Waals surface area contributed by atoms with Crippen molar-refractivity contribution in [3.63, 3.8) is 0 Å². The molecule has 2 aromatic rings. The average Bonchev–Trinajstić information content (AvgIpc) is 2.82. The van der Waals surface area contributed by atoms with Gasteiger partial charge in [0.15, 0.2) is 4.32 Å². The Morgan fingerprint density at radius 3 is 2.67 bits per heavy atom. The second kappa shape index (κ2) is 6.54. The third-order valence-corrected chi connectivity index (χ3v) is 4.62. The zero-order valence-electron chi connectivity index (χ0n) is 12.1. The first-order chi connectivity index (χ1) is 11.5. The molecule has 0 atom stereocenters. The van der Waals surface area contributed by atoms with Crippen LogP contribution >= 0.6 is 24.0 Å². The molecule has 0 aliphatic carbocycles. The Hall–Kier alpha value is -2.51. The number of nitrogens with zero attached hydrogens (tertiary/aromatic N) is 1. The van der Waals surface area contributed by atoms with E-state index in [1.807, 2.05) is 0 Å². The number of benzene rings is 2. The van der Waals surface area contributed by atoms with Gasteiger partial charge in [-0.1, -0.05) is 48.2 Å². The van der Waals surface area contributed by atoms with Gasteiger partial charge in [0.1, 0.15) is 5.82 Å². The first-order valence-electron chi connectivity index (χ1n) is 6.83. The van der Waals surface area contributed by atoms with Crippen LogP contribution in [0.4, 0.5) is 10.1 Å². The monoisotopic (exact) mass is 359 g/mol. The number of hydrogen-bond acceptors (Lipinski definition) is 4. The van der Waals surface area contributed by atoms with Crippen LogP contribution in [0.3, 0.4) is 0 Å². The van der Waals surface area contributed by atoms with Crippen LogP contribution in [0.1, 0.15) is 15.9 Å². The molecule has 1 aliphatic rings. The lowest BCUT2D eigenvalue weighted by atomic mass is 10.1. The number of anilines is 1. The Balaban J connectivity index is 1.96. The van der Waals surface area contributed by atoms with Gasteiger partial charge in [0, 0.05) is 0 Å². The lowest BCUT2D eigenvalue weighted by molar-refractivity contribution is -0.113. The second-order valence-electron chi connectivity index (χ2n) is 4.90. The highest BCUT2D eigenvalue weighted by atomic mass is 32.2. The van der Waals surface area contributed by atoms with E-state index in [4.69, 9.17) is 17.3 Å². The number of para-hydroxylation sites is 1. The predicted molar refractivity (Wildman–Crippen MR) is 95.5 cm³/mol. The Bertz CT molecular complexity index is 895. The second-order valence-corrected chi connectivity index (χ2v) is 6.57. The van der Waals surface area contributed by atoms with Gasteiger partial charge in [-0.2, -0.15) is 0 Å². The fraction of sp³-hybridized carbons (Fsp3) is 0. The Kier molecular flexibility index (Phi) is 4.46. The van der Waals surface area contributed by atoms with Crippen LogP contribution in [0.25, 0.3) is 6.08 Å². The highest BCUT2D eigenvalue weighted by Crippen LogP contribution is 2.36. The summed E-state index contributed by atoms with van der Waals surface area (Å²) in [7, 11) is 0. The van der Waals surface area contributed by atoms with Crippen LogP contribution in [-0.2, 0) is 4.79 Å². The summed E-state index contributed by atoms with van der Waals surface area (Å²) < 4.78 is 14.2. The number of carboxylic acid groups (broad SMARTS) is 1. The van der Waals surface area contributed by atoms with Crippen molar-refractivity contribution in [3.8, 4) is 0 Å². The average molecular weight is 359 g/mol. The Labute approximate surface area is 146 Å². The van der Waals surface area contributed by atoms with Gasteiger partial charge in [-0.05, 0) is 35.9 Å². The van der Waals surface area contributed by atoms with Crippen LogP contribution in [0.2, 0.25) is 0 Å². The van der Waals surface area contributed by atoms with Gasteiger partial charge in [0.25, 0.3) is 5.91 Å². The minimum absolute atomic E-state index is 0.0997. The van der Waals surface area contributed by atoms with Crippen LogP contribution in [-0.4, -0.2) is 21.3 Å². The molecule has 0 saturated carbocycles. The number of thiocarbonyl (C=S) groups is 1. The highest BCUT2D eigenvalue weighted by Gasteiger charge is 2.34. The number of carbonyl (C=O) groups excluding carboxylic acids is 1. The first-order valence-corrected chi connectivity index (χ1v) is 8.05. The summed E-state index contributed by atoms with van der Waals surface area (Å²) in [5.74, 6) is -2.03. The molecule has 0 spiro atoms. The summed E-state index contributed by atoms with van der Waals surface area (Å²) in [5.41, 5.74) is 0.778. The van der Waals surface area contributed by atoms with Crippen LogP contribution in [0.15, 0.2) is 53.4 Å². The third kappa shape index (κ3) is 3.08. The standard InChI is InChI=1S/C17H10FNO3S2/c18-12-6-1-2-7-13(12)19-15(20)14(24-17(19)23)9-10-4-3-5-11(8-10)16(21)22/h1-9H,(H,21,22)/b14-9+. The summed E-state index contributed by atoms with van der Waals surface area (Å²) in [6.45, 7) is 0. The Morgan fingerprint density at radius 1 is 1.21 bits per heavy atom. The minimum atomic E-state index is -1.05. The summed E-state index contributed by atoms with van der Waals surface area (Å²) in [5, 5.41) is 9.02. The zero-order chi connectivity index (χ0) is 17.3. The number of carbonyl (C=O) groups is 2. The van der Waals surface area contributed by atoms with Gasteiger partial charge in [0.05, 0.1) is 16.2 Å². The normalized spacial score (nSPS) is 16.0. The first kappa shape index (κ1) is 16.4.